The van der Waals surface area contributed by atoms with Gasteiger partial charge in [-0.25, -0.2) is 14.4 Å². The molecule has 0 saturated heterocycles. The van der Waals surface area contributed by atoms with Crippen LogP contribution in [-0.4, -0.2) is 54.7 Å². The molecule has 1 aromatic heterocycles. The van der Waals surface area contributed by atoms with Crippen molar-refractivity contribution in [2.24, 2.45) is 0 Å². The fourth-order valence-corrected chi connectivity index (χ4v) is 3.16. The van der Waals surface area contributed by atoms with Crippen molar-refractivity contribution in [1.82, 2.24) is 10.3 Å². The molecule has 0 aliphatic heterocycles. The van der Waals surface area contributed by atoms with Crippen molar-refractivity contribution in [3.8, 4) is 0 Å². The third-order valence-corrected chi connectivity index (χ3v) is 4.63. The molecule has 1 atom stereocenters. The lowest BCUT2D eigenvalue weighted by Crippen LogP contribution is -2.44. The molecule has 2 N–H and O–H groups in total. The third kappa shape index (κ3) is 6.44. The Bertz CT molecular complexity index is 980. The van der Waals surface area contributed by atoms with Gasteiger partial charge >= 0.3 is 17.9 Å². The van der Waals surface area contributed by atoms with Crippen molar-refractivity contribution in [2.45, 2.75) is 46.3 Å². The Labute approximate surface area is 186 Å². The number of hydrogen-bond acceptors (Lipinski definition) is 7. The first-order valence-corrected chi connectivity index (χ1v) is 10.1. The molecule has 32 heavy (non-hydrogen) atoms. The lowest BCUT2D eigenvalue weighted by molar-refractivity contribution is -0.145. The zero-order valence-electron chi connectivity index (χ0n) is 18.8. The smallest absolute Gasteiger partial charge is 0.355 e. The summed E-state index contributed by atoms with van der Waals surface area (Å²) in [6, 6.07) is 8.19. The van der Waals surface area contributed by atoms with Crippen LogP contribution in [0.4, 0.5) is 0 Å². The Balaban J connectivity index is 2.01. The molecule has 2 rings (SSSR count). The maximum absolute atomic E-state index is 12.5. The van der Waals surface area contributed by atoms with Crippen LogP contribution in [0.1, 0.15) is 51.5 Å². The Kier molecular flexibility index (Phi) is 8.57. The number of H-pyrrole nitrogens is 1. The predicted molar refractivity (Wildman–Crippen MR) is 115 cm³/mol. The fourth-order valence-electron chi connectivity index (χ4n) is 3.16. The molecule has 2 aromatic rings. The van der Waals surface area contributed by atoms with E-state index in [0.29, 0.717) is 11.3 Å². The maximum atomic E-state index is 12.5. The number of aromatic amines is 1. The Morgan fingerprint density at radius 2 is 1.69 bits per heavy atom. The molecule has 0 fully saturated rings. The molecular formula is C23H28N2O7. The highest BCUT2D eigenvalue weighted by atomic mass is 16.5. The van der Waals surface area contributed by atoms with Crippen molar-refractivity contribution >= 4 is 23.8 Å². The van der Waals surface area contributed by atoms with Gasteiger partial charge in [0.1, 0.15) is 11.7 Å². The summed E-state index contributed by atoms with van der Waals surface area (Å²) in [6.45, 7) is 6.07. The summed E-state index contributed by atoms with van der Waals surface area (Å²) in [7, 11) is 1.23. The van der Waals surface area contributed by atoms with Crippen LogP contribution < -0.4 is 5.32 Å². The average Bonchev–Trinajstić information content (AvgIpc) is 3.05. The molecule has 0 spiro atoms. The number of nitrogens with one attached hydrogen (secondary N) is 2. The van der Waals surface area contributed by atoms with Gasteiger partial charge in [-0.3, -0.25) is 4.79 Å². The monoisotopic (exact) mass is 444 g/mol. The van der Waals surface area contributed by atoms with Gasteiger partial charge in [0.15, 0.2) is 6.61 Å². The summed E-state index contributed by atoms with van der Waals surface area (Å²) < 4.78 is 15.0. The van der Waals surface area contributed by atoms with Crippen LogP contribution in [0.2, 0.25) is 0 Å². The molecule has 0 radical (unpaired) electrons. The zero-order chi connectivity index (χ0) is 23.8. The van der Waals surface area contributed by atoms with E-state index in [1.165, 1.54) is 7.11 Å². The van der Waals surface area contributed by atoms with E-state index in [0.717, 1.165) is 5.56 Å². The summed E-state index contributed by atoms with van der Waals surface area (Å²) in [6.07, 6.45) is -0.0855. The highest BCUT2D eigenvalue weighted by molar-refractivity contribution is 5.99. The SMILES string of the molecule is COC(=O)[C@H](Cc1ccccc1)NC(=O)COC(=O)c1[nH]c(C)c(C(=O)OC(C)C)c1C. The van der Waals surface area contributed by atoms with E-state index in [4.69, 9.17) is 14.2 Å². The van der Waals surface area contributed by atoms with Crippen LogP contribution in [-0.2, 0) is 30.2 Å². The number of methoxy groups -OCH3 is 1. The second-order valence-electron chi connectivity index (χ2n) is 7.49. The van der Waals surface area contributed by atoms with Crippen LogP contribution in [0.3, 0.4) is 0 Å². The number of hydrogen-bond donors (Lipinski definition) is 2. The first-order valence-electron chi connectivity index (χ1n) is 10.1. The minimum absolute atomic E-state index is 0.0554. The molecule has 172 valence electrons. The van der Waals surface area contributed by atoms with Crippen LogP contribution in [0.15, 0.2) is 30.3 Å². The minimum atomic E-state index is -0.930. The highest BCUT2D eigenvalue weighted by Crippen LogP contribution is 2.20. The number of esters is 3. The van der Waals surface area contributed by atoms with Crippen molar-refractivity contribution in [3.05, 3.63) is 58.4 Å². The second kappa shape index (κ2) is 11.1. The summed E-state index contributed by atoms with van der Waals surface area (Å²) >= 11 is 0. The lowest BCUT2D eigenvalue weighted by Gasteiger charge is -2.16. The molecule has 9 nitrogen and oxygen atoms in total. The summed E-state index contributed by atoms with van der Waals surface area (Å²) in [5.41, 5.74) is 1.97. The number of amides is 1. The van der Waals surface area contributed by atoms with E-state index in [1.54, 1.807) is 27.7 Å². The molecule has 0 aliphatic rings. The van der Waals surface area contributed by atoms with Crippen LogP contribution in [0, 0.1) is 13.8 Å². The first kappa shape index (κ1) is 24.6. The van der Waals surface area contributed by atoms with E-state index in [2.05, 4.69) is 10.3 Å². The van der Waals surface area contributed by atoms with Gasteiger partial charge in [-0.15, -0.1) is 0 Å². The number of benzene rings is 1. The van der Waals surface area contributed by atoms with Gasteiger partial charge in [0.25, 0.3) is 5.91 Å². The normalized spacial score (nSPS) is 11.6. The molecule has 1 heterocycles. The van der Waals surface area contributed by atoms with Crippen molar-refractivity contribution < 1.29 is 33.4 Å². The highest BCUT2D eigenvalue weighted by Gasteiger charge is 2.26. The first-order chi connectivity index (χ1) is 15.1. The Hall–Kier alpha value is -3.62. The summed E-state index contributed by atoms with van der Waals surface area (Å²) in [5.74, 6) is -2.63. The number of carbonyl (C=O) groups excluding carboxylic acids is 4. The average molecular weight is 444 g/mol. The van der Waals surface area contributed by atoms with E-state index < -0.39 is 36.5 Å². The van der Waals surface area contributed by atoms with E-state index in [1.807, 2.05) is 30.3 Å². The maximum Gasteiger partial charge on any atom is 0.355 e. The molecule has 0 unspecified atom stereocenters. The summed E-state index contributed by atoms with van der Waals surface area (Å²) in [4.78, 5) is 51.9. The van der Waals surface area contributed by atoms with E-state index in [9.17, 15) is 19.2 Å². The molecule has 0 aliphatic carbocycles. The van der Waals surface area contributed by atoms with Crippen LogP contribution in [0.5, 0.6) is 0 Å². The van der Waals surface area contributed by atoms with Gasteiger partial charge in [0.2, 0.25) is 0 Å². The largest absolute Gasteiger partial charge is 0.467 e. The number of aryl methyl sites for hydroxylation is 1. The molecule has 9 heteroatoms. The van der Waals surface area contributed by atoms with Crippen LogP contribution in [0.25, 0.3) is 0 Å². The van der Waals surface area contributed by atoms with Crippen molar-refractivity contribution in [1.29, 1.82) is 0 Å². The topological polar surface area (TPSA) is 124 Å². The number of aromatic nitrogens is 1. The van der Waals surface area contributed by atoms with Crippen molar-refractivity contribution in [2.75, 3.05) is 13.7 Å². The number of rotatable bonds is 9. The molecular weight excluding hydrogens is 416 g/mol. The number of ether oxygens (including phenoxy) is 3. The van der Waals surface area contributed by atoms with Gasteiger partial charge in [-0.05, 0) is 38.8 Å². The van der Waals surface area contributed by atoms with E-state index in [-0.39, 0.29) is 23.8 Å². The summed E-state index contributed by atoms with van der Waals surface area (Å²) in [5, 5.41) is 2.52. The quantitative estimate of drug-likeness (QED) is 0.449. The molecule has 0 bridgehead atoms. The molecule has 1 amide bonds. The second-order valence-corrected chi connectivity index (χ2v) is 7.49. The Morgan fingerprint density at radius 1 is 1.03 bits per heavy atom. The van der Waals surface area contributed by atoms with Gasteiger partial charge < -0.3 is 24.5 Å². The van der Waals surface area contributed by atoms with Crippen molar-refractivity contribution in [3.63, 3.8) is 0 Å². The molecule has 0 saturated carbocycles. The van der Waals surface area contributed by atoms with Gasteiger partial charge in [-0.2, -0.15) is 0 Å². The van der Waals surface area contributed by atoms with Crippen LogP contribution >= 0.6 is 0 Å². The van der Waals surface area contributed by atoms with E-state index >= 15 is 0 Å². The molecule has 1 aromatic carbocycles. The minimum Gasteiger partial charge on any atom is -0.467 e. The van der Waals surface area contributed by atoms with Gasteiger partial charge in [0, 0.05) is 12.1 Å². The number of carbonyl (C=O) groups is 4. The predicted octanol–water partition coefficient (Wildman–Crippen LogP) is 2.25. The fraction of sp³-hybridized carbons (Fsp3) is 0.391. The Morgan fingerprint density at radius 3 is 2.28 bits per heavy atom. The standard InChI is InChI=1S/C23H28N2O7/c1-13(2)32-22(28)19-14(3)20(24-15(19)4)23(29)31-12-18(26)25-17(21(27)30-5)11-16-9-7-6-8-10-16/h6-10,13,17,24H,11-12H2,1-5H3,(H,25,26)/t17-/m0/s1. The zero-order valence-corrected chi connectivity index (χ0v) is 18.8. The van der Waals surface area contributed by atoms with Gasteiger partial charge in [-0.1, -0.05) is 30.3 Å². The van der Waals surface area contributed by atoms with Gasteiger partial charge in [0.05, 0.1) is 18.8 Å². The lowest BCUT2D eigenvalue weighted by atomic mass is 10.1. The third-order valence-electron chi connectivity index (χ3n) is 4.63.